The zero-order valence-electron chi connectivity index (χ0n) is 10.7. The Hall–Kier alpha value is -2.20. The highest BCUT2D eigenvalue weighted by atomic mass is 19.1. The molecular weight excluding hydrogens is 262 g/mol. The molecular formula is C16H12F2O2. The van der Waals surface area contributed by atoms with E-state index in [2.05, 4.69) is 0 Å². The molecule has 3 aromatic rings. The molecule has 0 radical (unpaired) electrons. The average Bonchev–Trinajstić information content (AvgIpc) is 2.81. The maximum atomic E-state index is 13.7. The normalized spacial score (nSPS) is 12.8. The summed E-state index contributed by atoms with van der Waals surface area (Å²) in [5, 5.41) is 11.0. The summed E-state index contributed by atoms with van der Waals surface area (Å²) >= 11 is 0. The fraction of sp³-hybridized carbons (Fsp3) is 0.125. The van der Waals surface area contributed by atoms with Crippen molar-refractivity contribution in [1.82, 2.24) is 0 Å². The molecule has 4 heteroatoms. The van der Waals surface area contributed by atoms with Crippen molar-refractivity contribution < 1.29 is 18.3 Å². The first kappa shape index (κ1) is 12.8. The highest BCUT2D eigenvalue weighted by Crippen LogP contribution is 2.30. The molecule has 1 unspecified atom stereocenters. The van der Waals surface area contributed by atoms with Gasteiger partial charge in [0.15, 0.2) is 0 Å². The predicted octanol–water partition coefficient (Wildman–Crippen LogP) is 4.10. The second-order valence-electron chi connectivity index (χ2n) is 4.76. The number of hydrogen-bond acceptors (Lipinski definition) is 2. The van der Waals surface area contributed by atoms with Gasteiger partial charge in [0.05, 0.1) is 0 Å². The second kappa shape index (κ2) is 4.72. The Bertz CT molecular complexity index is 777. The van der Waals surface area contributed by atoms with Crippen molar-refractivity contribution in [3.63, 3.8) is 0 Å². The second-order valence-corrected chi connectivity index (χ2v) is 4.76. The number of halogens is 2. The highest BCUT2D eigenvalue weighted by Gasteiger charge is 2.19. The minimum Gasteiger partial charge on any atom is -0.458 e. The minimum absolute atomic E-state index is 0.0119. The van der Waals surface area contributed by atoms with Gasteiger partial charge >= 0.3 is 0 Å². The Kier molecular flexibility index (Phi) is 3.03. The number of hydrogen-bond donors (Lipinski definition) is 1. The monoisotopic (exact) mass is 274 g/mol. The van der Waals surface area contributed by atoms with E-state index < -0.39 is 17.7 Å². The van der Waals surface area contributed by atoms with Crippen LogP contribution in [0.3, 0.4) is 0 Å². The minimum atomic E-state index is -1.26. The van der Waals surface area contributed by atoms with E-state index in [0.717, 1.165) is 23.1 Å². The largest absolute Gasteiger partial charge is 0.458 e. The molecule has 20 heavy (non-hydrogen) atoms. The molecule has 0 fully saturated rings. The van der Waals surface area contributed by atoms with Crippen LogP contribution in [-0.4, -0.2) is 5.11 Å². The first-order valence-corrected chi connectivity index (χ1v) is 6.18. The molecule has 0 aliphatic carbocycles. The molecule has 0 saturated heterocycles. The molecule has 2 aromatic carbocycles. The number of aryl methyl sites for hydroxylation is 1. The van der Waals surface area contributed by atoms with Crippen molar-refractivity contribution in [3.8, 4) is 0 Å². The topological polar surface area (TPSA) is 33.4 Å². The number of benzene rings is 2. The Labute approximate surface area is 114 Å². The number of aliphatic hydroxyl groups excluding tert-OH is 1. The van der Waals surface area contributed by atoms with Gasteiger partial charge in [0.2, 0.25) is 0 Å². The summed E-state index contributed by atoms with van der Waals surface area (Å²) < 4.78 is 32.1. The number of furan rings is 1. The summed E-state index contributed by atoms with van der Waals surface area (Å²) in [5.41, 5.74) is 1.67. The van der Waals surface area contributed by atoms with E-state index in [1.807, 2.05) is 19.1 Å². The van der Waals surface area contributed by atoms with Gasteiger partial charge in [0, 0.05) is 17.0 Å². The molecule has 2 nitrogen and oxygen atoms in total. The van der Waals surface area contributed by atoms with Crippen molar-refractivity contribution in [2.75, 3.05) is 0 Å². The molecule has 0 saturated carbocycles. The quantitative estimate of drug-likeness (QED) is 0.763. The Balaban J connectivity index is 2.05. The van der Waals surface area contributed by atoms with Crippen LogP contribution in [0.25, 0.3) is 11.0 Å². The number of fused-ring (bicyclic) bond motifs is 1. The first-order chi connectivity index (χ1) is 9.54. The van der Waals surface area contributed by atoms with Crippen LogP contribution >= 0.6 is 0 Å². The maximum absolute atomic E-state index is 13.7. The molecule has 0 aliphatic heterocycles. The third kappa shape index (κ3) is 2.18. The molecule has 0 spiro atoms. The van der Waals surface area contributed by atoms with Crippen LogP contribution in [0.15, 0.2) is 46.9 Å². The average molecular weight is 274 g/mol. The molecule has 0 amide bonds. The summed E-state index contributed by atoms with van der Waals surface area (Å²) in [6.45, 7) is 1.95. The van der Waals surface area contributed by atoms with Crippen LogP contribution in [0.4, 0.5) is 8.78 Å². The van der Waals surface area contributed by atoms with E-state index in [9.17, 15) is 13.9 Å². The van der Waals surface area contributed by atoms with E-state index in [0.29, 0.717) is 5.58 Å². The van der Waals surface area contributed by atoms with E-state index >= 15 is 0 Å². The van der Waals surface area contributed by atoms with Crippen LogP contribution in [0.1, 0.15) is 23.0 Å². The van der Waals surface area contributed by atoms with Crippen molar-refractivity contribution in [3.05, 3.63) is 71.0 Å². The molecule has 1 heterocycles. The van der Waals surface area contributed by atoms with Crippen molar-refractivity contribution in [2.24, 2.45) is 0 Å². The summed E-state index contributed by atoms with van der Waals surface area (Å²) in [4.78, 5) is 0. The molecule has 0 aliphatic rings. The van der Waals surface area contributed by atoms with Gasteiger partial charge in [0.1, 0.15) is 29.1 Å². The molecule has 3 rings (SSSR count). The SMILES string of the molecule is Cc1ccc2oc(C(O)c3ccc(F)cc3F)cc2c1. The smallest absolute Gasteiger partial charge is 0.139 e. The standard InChI is InChI=1S/C16H12F2O2/c1-9-2-5-14-10(6-9)7-15(20-14)16(19)12-4-3-11(17)8-13(12)18/h2-8,16,19H,1H3. The Morgan fingerprint density at radius 2 is 1.85 bits per heavy atom. The van der Waals surface area contributed by atoms with Gasteiger partial charge < -0.3 is 9.52 Å². The van der Waals surface area contributed by atoms with Gasteiger partial charge in [-0.2, -0.15) is 0 Å². The lowest BCUT2D eigenvalue weighted by atomic mass is 10.1. The molecule has 1 N–H and O–H groups in total. The molecule has 102 valence electrons. The lowest BCUT2D eigenvalue weighted by Crippen LogP contribution is -2.01. The van der Waals surface area contributed by atoms with Crippen LogP contribution in [0.5, 0.6) is 0 Å². The Morgan fingerprint density at radius 1 is 1.05 bits per heavy atom. The maximum Gasteiger partial charge on any atom is 0.139 e. The molecule has 1 aromatic heterocycles. The van der Waals surface area contributed by atoms with Gasteiger partial charge in [-0.1, -0.05) is 17.7 Å². The van der Waals surface area contributed by atoms with Crippen molar-refractivity contribution in [1.29, 1.82) is 0 Å². The van der Waals surface area contributed by atoms with Gasteiger partial charge in [-0.3, -0.25) is 0 Å². The number of rotatable bonds is 2. The van der Waals surface area contributed by atoms with E-state index in [1.54, 1.807) is 12.1 Å². The van der Waals surface area contributed by atoms with Gasteiger partial charge in [-0.25, -0.2) is 8.78 Å². The summed E-state index contributed by atoms with van der Waals surface area (Å²) in [7, 11) is 0. The van der Waals surface area contributed by atoms with E-state index in [1.165, 1.54) is 6.07 Å². The lowest BCUT2D eigenvalue weighted by molar-refractivity contribution is 0.187. The van der Waals surface area contributed by atoms with E-state index in [4.69, 9.17) is 4.42 Å². The van der Waals surface area contributed by atoms with Gasteiger partial charge in [-0.15, -0.1) is 0 Å². The van der Waals surface area contributed by atoms with E-state index in [-0.39, 0.29) is 11.3 Å². The highest BCUT2D eigenvalue weighted by molar-refractivity contribution is 5.78. The fourth-order valence-electron chi connectivity index (χ4n) is 2.19. The third-order valence-corrected chi connectivity index (χ3v) is 3.22. The first-order valence-electron chi connectivity index (χ1n) is 6.18. The molecule has 1 atom stereocenters. The number of aliphatic hydroxyl groups is 1. The van der Waals surface area contributed by atoms with Crippen molar-refractivity contribution >= 4 is 11.0 Å². The Morgan fingerprint density at radius 3 is 2.60 bits per heavy atom. The van der Waals surface area contributed by atoms with Crippen LogP contribution < -0.4 is 0 Å². The van der Waals surface area contributed by atoms with Gasteiger partial charge in [0.25, 0.3) is 0 Å². The van der Waals surface area contributed by atoms with Crippen LogP contribution in [0, 0.1) is 18.6 Å². The predicted molar refractivity (Wildman–Crippen MR) is 71.4 cm³/mol. The zero-order valence-corrected chi connectivity index (χ0v) is 10.7. The van der Waals surface area contributed by atoms with Crippen molar-refractivity contribution in [2.45, 2.75) is 13.0 Å². The van der Waals surface area contributed by atoms with Crippen LogP contribution in [0.2, 0.25) is 0 Å². The van der Waals surface area contributed by atoms with Gasteiger partial charge in [-0.05, 0) is 31.2 Å². The lowest BCUT2D eigenvalue weighted by Gasteiger charge is -2.08. The zero-order chi connectivity index (χ0) is 14.3. The van der Waals surface area contributed by atoms with Crippen LogP contribution in [-0.2, 0) is 0 Å². The molecule has 0 bridgehead atoms. The third-order valence-electron chi connectivity index (χ3n) is 3.22. The summed E-state index contributed by atoms with van der Waals surface area (Å²) in [5.74, 6) is -1.25. The summed E-state index contributed by atoms with van der Waals surface area (Å²) in [6.07, 6.45) is -1.26. The summed E-state index contributed by atoms with van der Waals surface area (Å²) in [6, 6.07) is 10.3. The fourth-order valence-corrected chi connectivity index (χ4v) is 2.19.